The van der Waals surface area contributed by atoms with Crippen LogP contribution in [0, 0.1) is 5.41 Å². The Hall–Kier alpha value is -2.82. The monoisotopic (exact) mass is 379 g/mol. The zero-order valence-electron chi connectivity index (χ0n) is 17.3. The van der Waals surface area contributed by atoms with Crippen LogP contribution in [0.25, 0.3) is 0 Å². The summed E-state index contributed by atoms with van der Waals surface area (Å²) in [4.78, 5) is 31.8. The largest absolute Gasteiger partial charge is 0.326 e. The summed E-state index contributed by atoms with van der Waals surface area (Å²) in [6.45, 7) is 6.19. The van der Waals surface area contributed by atoms with Crippen LogP contribution in [0.1, 0.15) is 26.3 Å². The van der Waals surface area contributed by atoms with Crippen molar-refractivity contribution in [3.8, 4) is 0 Å². The van der Waals surface area contributed by atoms with Crippen LogP contribution in [0.2, 0.25) is 0 Å². The highest BCUT2D eigenvalue weighted by Crippen LogP contribution is 2.36. The highest BCUT2D eigenvalue weighted by Gasteiger charge is 2.51. The summed E-state index contributed by atoms with van der Waals surface area (Å²) in [5.74, 6) is -0.0152. The van der Waals surface area contributed by atoms with Crippen molar-refractivity contribution in [3.63, 3.8) is 0 Å². The maximum Gasteiger partial charge on any atom is 0.326 e. The molecule has 0 saturated carbocycles. The van der Waals surface area contributed by atoms with Crippen LogP contribution in [0.4, 0.5) is 10.5 Å². The number of rotatable bonds is 3. The molecule has 148 valence electrons. The summed E-state index contributed by atoms with van der Waals surface area (Å²) in [5, 5.41) is 0. The SMILES string of the molecule is CN(C(=O)N1C(Cc2ccccc2)C(=O)N(C)C1C(C)(C)C)c1ccccc1. The Morgan fingerprint density at radius 3 is 2.07 bits per heavy atom. The minimum atomic E-state index is -0.518. The van der Waals surface area contributed by atoms with Crippen molar-refractivity contribution in [2.45, 2.75) is 39.4 Å². The van der Waals surface area contributed by atoms with Gasteiger partial charge in [0.25, 0.3) is 0 Å². The molecule has 0 bridgehead atoms. The summed E-state index contributed by atoms with van der Waals surface area (Å²) in [6, 6.07) is 18.7. The van der Waals surface area contributed by atoms with Crippen LogP contribution in [-0.2, 0) is 11.2 Å². The number of hydrogen-bond acceptors (Lipinski definition) is 2. The molecule has 1 saturated heterocycles. The predicted molar refractivity (Wildman–Crippen MR) is 112 cm³/mol. The van der Waals surface area contributed by atoms with E-state index in [2.05, 4.69) is 20.8 Å². The molecule has 0 aromatic heterocycles. The van der Waals surface area contributed by atoms with Crippen LogP contribution in [0.5, 0.6) is 0 Å². The first-order chi connectivity index (χ1) is 13.2. The van der Waals surface area contributed by atoms with Gasteiger partial charge in [-0.1, -0.05) is 69.3 Å². The lowest BCUT2D eigenvalue weighted by Crippen LogP contribution is -2.54. The second-order valence-electron chi connectivity index (χ2n) is 8.48. The predicted octanol–water partition coefficient (Wildman–Crippen LogP) is 4.00. The first kappa shape index (κ1) is 19.9. The molecule has 0 spiro atoms. The zero-order chi connectivity index (χ0) is 20.5. The van der Waals surface area contributed by atoms with Gasteiger partial charge < -0.3 is 4.90 Å². The minimum absolute atomic E-state index is 0.0152. The summed E-state index contributed by atoms with van der Waals surface area (Å²) in [7, 11) is 3.56. The van der Waals surface area contributed by atoms with Crippen molar-refractivity contribution in [1.82, 2.24) is 9.80 Å². The van der Waals surface area contributed by atoms with Gasteiger partial charge in [0.2, 0.25) is 5.91 Å². The molecule has 3 rings (SSSR count). The molecule has 5 nitrogen and oxygen atoms in total. The average molecular weight is 380 g/mol. The third-order valence-corrected chi connectivity index (χ3v) is 5.30. The molecule has 3 amide bonds. The van der Waals surface area contributed by atoms with Gasteiger partial charge in [0, 0.05) is 31.6 Å². The van der Waals surface area contributed by atoms with E-state index in [4.69, 9.17) is 0 Å². The number of amides is 3. The van der Waals surface area contributed by atoms with E-state index in [9.17, 15) is 9.59 Å². The van der Waals surface area contributed by atoms with Gasteiger partial charge in [0.15, 0.2) is 0 Å². The number of hydrogen-bond donors (Lipinski definition) is 0. The molecule has 2 aromatic rings. The van der Waals surface area contributed by atoms with Crippen molar-refractivity contribution in [2.24, 2.45) is 5.41 Å². The first-order valence-electron chi connectivity index (χ1n) is 9.63. The van der Waals surface area contributed by atoms with Crippen LogP contribution in [0.15, 0.2) is 60.7 Å². The fourth-order valence-electron chi connectivity index (χ4n) is 4.03. The molecule has 2 unspecified atom stereocenters. The fourth-order valence-corrected chi connectivity index (χ4v) is 4.03. The van der Waals surface area contributed by atoms with Gasteiger partial charge in [-0.15, -0.1) is 0 Å². The Labute approximate surface area is 167 Å². The third-order valence-electron chi connectivity index (χ3n) is 5.30. The summed E-state index contributed by atoms with van der Waals surface area (Å²) in [5.41, 5.74) is 1.58. The summed E-state index contributed by atoms with van der Waals surface area (Å²) >= 11 is 0. The van der Waals surface area contributed by atoms with E-state index in [1.165, 1.54) is 0 Å². The van der Waals surface area contributed by atoms with E-state index in [0.717, 1.165) is 11.3 Å². The normalized spacial score (nSPS) is 19.8. The lowest BCUT2D eigenvalue weighted by molar-refractivity contribution is -0.129. The van der Waals surface area contributed by atoms with E-state index in [1.807, 2.05) is 60.7 Å². The second kappa shape index (κ2) is 7.66. The Bertz CT molecular complexity index is 830. The molecule has 1 fully saturated rings. The molecule has 0 N–H and O–H groups in total. The van der Waals surface area contributed by atoms with Gasteiger partial charge in [-0.25, -0.2) is 4.79 Å². The Kier molecular flexibility index (Phi) is 5.45. The molecule has 1 aliphatic rings. The van der Waals surface area contributed by atoms with Crippen molar-refractivity contribution >= 4 is 17.6 Å². The van der Waals surface area contributed by atoms with Crippen LogP contribution in [0.3, 0.4) is 0 Å². The van der Waals surface area contributed by atoms with Crippen LogP contribution in [-0.4, -0.2) is 48.0 Å². The molecule has 2 atom stereocenters. The highest BCUT2D eigenvalue weighted by molar-refractivity contribution is 5.97. The maximum atomic E-state index is 13.6. The molecule has 28 heavy (non-hydrogen) atoms. The molecular formula is C23H29N3O2. The van der Waals surface area contributed by atoms with E-state index in [-0.39, 0.29) is 23.5 Å². The lowest BCUT2D eigenvalue weighted by Gasteiger charge is -2.40. The smallest absolute Gasteiger partial charge is 0.323 e. The minimum Gasteiger partial charge on any atom is -0.323 e. The maximum absolute atomic E-state index is 13.6. The van der Waals surface area contributed by atoms with Gasteiger partial charge >= 0.3 is 6.03 Å². The number of benzene rings is 2. The van der Waals surface area contributed by atoms with Crippen molar-refractivity contribution in [2.75, 3.05) is 19.0 Å². The number of anilines is 1. The Balaban J connectivity index is 1.99. The van der Waals surface area contributed by atoms with E-state index in [0.29, 0.717) is 6.42 Å². The van der Waals surface area contributed by atoms with E-state index < -0.39 is 6.04 Å². The molecule has 0 aliphatic carbocycles. The number of carbonyl (C=O) groups excluding carboxylic acids is 2. The van der Waals surface area contributed by atoms with Crippen molar-refractivity contribution in [1.29, 1.82) is 0 Å². The van der Waals surface area contributed by atoms with E-state index >= 15 is 0 Å². The molecule has 2 aromatic carbocycles. The fraction of sp³-hybridized carbons (Fsp3) is 0.391. The van der Waals surface area contributed by atoms with E-state index in [1.54, 1.807) is 28.8 Å². The van der Waals surface area contributed by atoms with Gasteiger partial charge in [-0.05, 0) is 17.7 Å². The summed E-state index contributed by atoms with van der Waals surface area (Å²) in [6.07, 6.45) is 0.192. The molecule has 5 heteroatoms. The lowest BCUT2D eigenvalue weighted by atomic mass is 9.91. The van der Waals surface area contributed by atoms with Gasteiger partial charge in [0.05, 0.1) is 0 Å². The van der Waals surface area contributed by atoms with Crippen LogP contribution >= 0.6 is 0 Å². The Morgan fingerprint density at radius 2 is 1.54 bits per heavy atom. The first-order valence-corrected chi connectivity index (χ1v) is 9.63. The molecule has 0 radical (unpaired) electrons. The van der Waals surface area contributed by atoms with Gasteiger partial charge in [-0.2, -0.15) is 0 Å². The van der Waals surface area contributed by atoms with Gasteiger partial charge in [0.1, 0.15) is 12.2 Å². The number of urea groups is 1. The third kappa shape index (κ3) is 3.75. The number of carbonyl (C=O) groups is 2. The molecular weight excluding hydrogens is 350 g/mol. The molecule has 1 aliphatic heterocycles. The van der Waals surface area contributed by atoms with Crippen molar-refractivity contribution < 1.29 is 9.59 Å². The second-order valence-corrected chi connectivity index (χ2v) is 8.48. The average Bonchev–Trinajstić information content (AvgIpc) is 2.93. The standard InChI is InChI=1S/C23H29N3O2/c1-23(2,3)21-25(5)20(27)19(16-17-12-8-6-9-13-17)26(21)22(28)24(4)18-14-10-7-11-15-18/h6-15,19,21H,16H2,1-5H3. The topological polar surface area (TPSA) is 43.9 Å². The number of nitrogens with zero attached hydrogens (tertiary/aromatic N) is 3. The number of likely N-dealkylation sites (N-methyl/N-ethyl adjacent to an activating group) is 1. The van der Waals surface area contributed by atoms with Crippen LogP contribution < -0.4 is 4.90 Å². The van der Waals surface area contributed by atoms with Crippen molar-refractivity contribution in [3.05, 3.63) is 66.2 Å². The Morgan fingerprint density at radius 1 is 1.00 bits per heavy atom. The number of para-hydroxylation sites is 1. The summed E-state index contributed by atoms with van der Waals surface area (Å²) < 4.78 is 0. The quantitative estimate of drug-likeness (QED) is 0.809. The molecule has 1 heterocycles. The zero-order valence-corrected chi connectivity index (χ0v) is 17.3. The highest BCUT2D eigenvalue weighted by atomic mass is 16.2. The van der Waals surface area contributed by atoms with Gasteiger partial charge in [-0.3, -0.25) is 14.6 Å².